The minimum atomic E-state index is -0.122. The van der Waals surface area contributed by atoms with E-state index in [1.165, 1.54) is 19.3 Å². The zero-order valence-corrected chi connectivity index (χ0v) is 13.1. The number of carbonyl (C=O) groups is 1. The summed E-state index contributed by atoms with van der Waals surface area (Å²) in [7, 11) is 0. The number of hydrogen-bond acceptors (Lipinski definition) is 6. The topological polar surface area (TPSA) is 83.3 Å². The Labute approximate surface area is 125 Å². The van der Waals surface area contributed by atoms with E-state index in [1.54, 1.807) is 6.92 Å². The molecule has 0 bridgehead atoms. The third kappa shape index (κ3) is 5.09. The molecule has 118 valence electrons. The molecule has 1 aromatic heterocycles. The summed E-state index contributed by atoms with van der Waals surface area (Å²) in [5.41, 5.74) is 0. The van der Waals surface area contributed by atoms with Crippen molar-refractivity contribution in [3.63, 3.8) is 0 Å². The summed E-state index contributed by atoms with van der Waals surface area (Å²) >= 11 is 0. The Hall–Kier alpha value is -1.47. The van der Waals surface area contributed by atoms with Crippen LogP contribution in [0.1, 0.15) is 39.0 Å². The summed E-state index contributed by atoms with van der Waals surface area (Å²) in [5, 5.41) is 13.6. The highest BCUT2D eigenvalue weighted by Crippen LogP contribution is 2.11. The first-order valence-electron chi connectivity index (χ1n) is 7.62. The smallest absolute Gasteiger partial charge is 0.322 e. The van der Waals surface area contributed by atoms with Crippen LogP contribution in [0.25, 0.3) is 0 Å². The van der Waals surface area contributed by atoms with Gasteiger partial charge in [-0.25, -0.2) is 0 Å². The Morgan fingerprint density at radius 2 is 2.29 bits per heavy atom. The van der Waals surface area contributed by atoms with E-state index in [4.69, 9.17) is 4.42 Å². The predicted molar refractivity (Wildman–Crippen MR) is 80.0 cm³/mol. The van der Waals surface area contributed by atoms with Gasteiger partial charge in [-0.3, -0.25) is 15.0 Å². The van der Waals surface area contributed by atoms with Gasteiger partial charge >= 0.3 is 6.01 Å². The summed E-state index contributed by atoms with van der Waals surface area (Å²) in [6.07, 6.45) is 3.68. The molecule has 0 radical (unpaired) electrons. The summed E-state index contributed by atoms with van der Waals surface area (Å²) in [6, 6.07) is 0.945. The Bertz CT molecular complexity index is 454. The van der Waals surface area contributed by atoms with Gasteiger partial charge < -0.3 is 9.73 Å². The van der Waals surface area contributed by atoms with Crippen LogP contribution >= 0.6 is 0 Å². The summed E-state index contributed by atoms with van der Waals surface area (Å²) in [5.74, 6) is 0.320. The molecule has 0 aliphatic carbocycles. The standard InChI is InChI=1S/C14H25N5O2/c1-10(2)19(8-12-6-4-5-7-15-12)9-13(20)16-14-18-17-11(3)21-14/h10,12,15H,4-9H2,1-3H3,(H,16,18,20). The number of aromatic nitrogens is 2. The van der Waals surface area contributed by atoms with Crippen LogP contribution in [0.3, 0.4) is 0 Å². The van der Waals surface area contributed by atoms with Gasteiger partial charge in [-0.1, -0.05) is 11.5 Å². The van der Waals surface area contributed by atoms with Gasteiger partial charge in [-0.2, -0.15) is 0 Å². The Morgan fingerprint density at radius 1 is 1.48 bits per heavy atom. The van der Waals surface area contributed by atoms with Crippen molar-refractivity contribution < 1.29 is 9.21 Å². The van der Waals surface area contributed by atoms with Crippen molar-refractivity contribution in [2.24, 2.45) is 0 Å². The monoisotopic (exact) mass is 295 g/mol. The quantitative estimate of drug-likeness (QED) is 0.819. The van der Waals surface area contributed by atoms with Gasteiger partial charge in [0.25, 0.3) is 0 Å². The van der Waals surface area contributed by atoms with Crippen LogP contribution in [0, 0.1) is 6.92 Å². The van der Waals surface area contributed by atoms with Crippen molar-refractivity contribution in [2.75, 3.05) is 25.0 Å². The average Bonchev–Trinajstić information content (AvgIpc) is 2.84. The largest absolute Gasteiger partial charge is 0.408 e. The van der Waals surface area contributed by atoms with Crippen molar-refractivity contribution >= 4 is 11.9 Å². The molecule has 2 N–H and O–H groups in total. The number of piperidine rings is 1. The van der Waals surface area contributed by atoms with E-state index in [0.717, 1.165) is 13.1 Å². The lowest BCUT2D eigenvalue weighted by atomic mass is 10.0. The Balaban J connectivity index is 1.84. The fraction of sp³-hybridized carbons (Fsp3) is 0.786. The SMILES string of the molecule is Cc1nnc(NC(=O)CN(CC2CCCCN2)C(C)C)o1. The molecule has 2 heterocycles. The highest BCUT2D eigenvalue weighted by Gasteiger charge is 2.21. The Morgan fingerprint density at radius 3 is 2.86 bits per heavy atom. The minimum absolute atomic E-state index is 0.122. The van der Waals surface area contributed by atoms with Gasteiger partial charge in [0.05, 0.1) is 6.54 Å². The van der Waals surface area contributed by atoms with Crippen molar-refractivity contribution in [2.45, 2.75) is 52.1 Å². The summed E-state index contributed by atoms with van der Waals surface area (Å²) < 4.78 is 5.16. The van der Waals surface area contributed by atoms with Gasteiger partial charge in [0.2, 0.25) is 11.8 Å². The number of aryl methyl sites for hydroxylation is 1. The first-order valence-corrected chi connectivity index (χ1v) is 7.62. The maximum Gasteiger partial charge on any atom is 0.322 e. The molecule has 2 rings (SSSR count). The molecule has 1 atom stereocenters. The zero-order valence-electron chi connectivity index (χ0n) is 13.1. The van der Waals surface area contributed by atoms with Crippen LogP contribution in [0.5, 0.6) is 0 Å². The molecule has 0 aromatic carbocycles. The molecule has 1 saturated heterocycles. The van der Waals surface area contributed by atoms with E-state index in [0.29, 0.717) is 24.5 Å². The molecule has 1 amide bonds. The highest BCUT2D eigenvalue weighted by atomic mass is 16.4. The molecule has 0 spiro atoms. The van der Waals surface area contributed by atoms with E-state index in [2.05, 4.69) is 39.6 Å². The number of hydrogen-bond donors (Lipinski definition) is 2. The van der Waals surface area contributed by atoms with E-state index < -0.39 is 0 Å². The van der Waals surface area contributed by atoms with Crippen LogP contribution in [-0.4, -0.2) is 52.7 Å². The van der Waals surface area contributed by atoms with E-state index in [1.807, 2.05) is 0 Å². The second kappa shape index (κ2) is 7.51. The second-order valence-electron chi connectivity index (χ2n) is 5.84. The van der Waals surface area contributed by atoms with Crippen molar-refractivity contribution in [3.05, 3.63) is 5.89 Å². The summed E-state index contributed by atoms with van der Waals surface area (Å²) in [6.45, 7) is 8.19. The molecule has 1 aromatic rings. The second-order valence-corrected chi connectivity index (χ2v) is 5.84. The number of amides is 1. The zero-order chi connectivity index (χ0) is 15.2. The number of anilines is 1. The van der Waals surface area contributed by atoms with Gasteiger partial charge in [0.15, 0.2) is 0 Å². The molecule has 7 heteroatoms. The fourth-order valence-corrected chi connectivity index (χ4v) is 2.51. The number of rotatable bonds is 6. The van der Waals surface area contributed by atoms with Crippen LogP contribution in [0.4, 0.5) is 6.01 Å². The van der Waals surface area contributed by atoms with E-state index in [-0.39, 0.29) is 11.9 Å². The lowest BCUT2D eigenvalue weighted by Gasteiger charge is -2.32. The lowest BCUT2D eigenvalue weighted by Crippen LogP contribution is -2.48. The number of carbonyl (C=O) groups excluding carboxylic acids is 1. The third-order valence-corrected chi connectivity index (χ3v) is 3.72. The minimum Gasteiger partial charge on any atom is -0.408 e. The molecular weight excluding hydrogens is 270 g/mol. The van der Waals surface area contributed by atoms with Crippen LogP contribution < -0.4 is 10.6 Å². The van der Waals surface area contributed by atoms with Crippen molar-refractivity contribution in [1.29, 1.82) is 0 Å². The first kappa shape index (κ1) is 15.9. The molecular formula is C14H25N5O2. The fourth-order valence-electron chi connectivity index (χ4n) is 2.51. The normalized spacial score (nSPS) is 19.2. The third-order valence-electron chi connectivity index (χ3n) is 3.72. The van der Waals surface area contributed by atoms with Crippen LogP contribution in [0.15, 0.2) is 4.42 Å². The van der Waals surface area contributed by atoms with E-state index in [9.17, 15) is 4.79 Å². The van der Waals surface area contributed by atoms with E-state index >= 15 is 0 Å². The van der Waals surface area contributed by atoms with Gasteiger partial charge in [0, 0.05) is 25.6 Å². The lowest BCUT2D eigenvalue weighted by molar-refractivity contribution is -0.118. The predicted octanol–water partition coefficient (Wildman–Crippen LogP) is 1.17. The first-order chi connectivity index (χ1) is 10.0. The van der Waals surface area contributed by atoms with Crippen molar-refractivity contribution in [1.82, 2.24) is 20.4 Å². The summed E-state index contributed by atoms with van der Waals surface area (Å²) in [4.78, 5) is 14.2. The van der Waals surface area contributed by atoms with Gasteiger partial charge in [0.1, 0.15) is 0 Å². The van der Waals surface area contributed by atoms with Crippen LogP contribution in [-0.2, 0) is 4.79 Å². The van der Waals surface area contributed by atoms with Crippen LogP contribution in [0.2, 0.25) is 0 Å². The number of nitrogens with one attached hydrogen (secondary N) is 2. The molecule has 0 saturated carbocycles. The molecule has 21 heavy (non-hydrogen) atoms. The molecule has 7 nitrogen and oxygen atoms in total. The average molecular weight is 295 g/mol. The molecule has 1 aliphatic heterocycles. The molecule has 1 aliphatic rings. The van der Waals surface area contributed by atoms with Gasteiger partial charge in [-0.15, -0.1) is 5.10 Å². The van der Waals surface area contributed by atoms with Crippen molar-refractivity contribution in [3.8, 4) is 0 Å². The Kier molecular flexibility index (Phi) is 5.69. The number of nitrogens with zero attached hydrogens (tertiary/aromatic N) is 3. The highest BCUT2D eigenvalue weighted by molar-refractivity contribution is 5.90. The maximum atomic E-state index is 12.1. The van der Waals surface area contributed by atoms with Gasteiger partial charge in [-0.05, 0) is 33.2 Å². The maximum absolute atomic E-state index is 12.1. The molecule has 1 fully saturated rings. The molecule has 1 unspecified atom stereocenters.